The van der Waals surface area contributed by atoms with Gasteiger partial charge < -0.3 is 15.9 Å². The highest BCUT2D eigenvalue weighted by molar-refractivity contribution is 5.71. The van der Waals surface area contributed by atoms with E-state index in [4.69, 9.17) is 10.8 Å². The standard InChI is InChI=1S/C7H13NO3/c1-4(8)7(11)2-5(3-7)6(9)10/h4-5,11H,2-3,8H2,1H3,(H,9,10). The van der Waals surface area contributed by atoms with Crippen molar-refractivity contribution in [3.63, 3.8) is 0 Å². The number of hydrogen-bond donors (Lipinski definition) is 3. The lowest BCUT2D eigenvalue weighted by molar-refractivity contribution is -0.160. The average molecular weight is 159 g/mol. The Morgan fingerprint density at radius 3 is 2.45 bits per heavy atom. The number of aliphatic carboxylic acids is 1. The van der Waals surface area contributed by atoms with Crippen LogP contribution in [0.15, 0.2) is 0 Å². The Labute approximate surface area is 65.0 Å². The average Bonchev–Trinajstić information content (AvgIpc) is 1.79. The first kappa shape index (κ1) is 8.49. The van der Waals surface area contributed by atoms with Crippen molar-refractivity contribution in [2.45, 2.75) is 31.4 Å². The molecule has 11 heavy (non-hydrogen) atoms. The lowest BCUT2D eigenvalue weighted by Gasteiger charge is -2.44. The summed E-state index contributed by atoms with van der Waals surface area (Å²) in [7, 11) is 0. The molecule has 4 N–H and O–H groups in total. The number of rotatable bonds is 2. The van der Waals surface area contributed by atoms with Gasteiger partial charge in [-0.1, -0.05) is 0 Å². The van der Waals surface area contributed by atoms with Crippen LogP contribution in [0.1, 0.15) is 19.8 Å². The monoisotopic (exact) mass is 159 g/mol. The second-order valence-electron chi connectivity index (χ2n) is 3.34. The third-order valence-corrected chi connectivity index (χ3v) is 2.40. The van der Waals surface area contributed by atoms with Gasteiger partial charge in [0.05, 0.1) is 11.5 Å². The van der Waals surface area contributed by atoms with Crippen LogP contribution in [-0.2, 0) is 4.79 Å². The fraction of sp³-hybridized carbons (Fsp3) is 0.857. The predicted octanol–water partition coefficient (Wildman–Crippen LogP) is -0.441. The molecule has 0 aromatic rings. The Hall–Kier alpha value is -0.610. The van der Waals surface area contributed by atoms with E-state index < -0.39 is 17.5 Å². The Morgan fingerprint density at radius 1 is 1.73 bits per heavy atom. The minimum Gasteiger partial charge on any atom is -0.481 e. The van der Waals surface area contributed by atoms with Gasteiger partial charge in [0.15, 0.2) is 0 Å². The minimum atomic E-state index is -0.928. The Balaban J connectivity index is 2.44. The van der Waals surface area contributed by atoms with Gasteiger partial charge in [-0.25, -0.2) is 0 Å². The van der Waals surface area contributed by atoms with Crippen LogP contribution in [0.3, 0.4) is 0 Å². The lowest BCUT2D eigenvalue weighted by Crippen LogP contribution is -2.57. The quantitative estimate of drug-likeness (QED) is 0.510. The molecule has 1 saturated carbocycles. The Morgan fingerprint density at radius 2 is 2.18 bits per heavy atom. The molecule has 1 fully saturated rings. The van der Waals surface area contributed by atoms with E-state index in [1.807, 2.05) is 0 Å². The lowest BCUT2D eigenvalue weighted by atomic mass is 9.68. The summed E-state index contributed by atoms with van der Waals surface area (Å²) in [5, 5.41) is 18.0. The molecule has 64 valence electrons. The van der Waals surface area contributed by atoms with Crippen LogP contribution in [0.4, 0.5) is 0 Å². The van der Waals surface area contributed by atoms with E-state index in [-0.39, 0.29) is 6.04 Å². The van der Waals surface area contributed by atoms with Crippen molar-refractivity contribution in [1.29, 1.82) is 0 Å². The molecule has 0 saturated heterocycles. The summed E-state index contributed by atoms with van der Waals surface area (Å²) in [5.74, 6) is -1.23. The zero-order valence-corrected chi connectivity index (χ0v) is 6.45. The molecule has 0 aromatic heterocycles. The van der Waals surface area contributed by atoms with Gasteiger partial charge in [-0.3, -0.25) is 4.79 Å². The second-order valence-corrected chi connectivity index (χ2v) is 3.34. The molecule has 1 aliphatic carbocycles. The van der Waals surface area contributed by atoms with Gasteiger partial charge in [0, 0.05) is 6.04 Å². The first-order valence-electron chi connectivity index (χ1n) is 3.66. The molecule has 0 radical (unpaired) electrons. The van der Waals surface area contributed by atoms with Gasteiger partial charge in [0.25, 0.3) is 0 Å². The van der Waals surface area contributed by atoms with E-state index >= 15 is 0 Å². The molecule has 1 atom stereocenters. The van der Waals surface area contributed by atoms with Crippen molar-refractivity contribution in [3.8, 4) is 0 Å². The fourth-order valence-corrected chi connectivity index (χ4v) is 1.34. The van der Waals surface area contributed by atoms with E-state index in [0.717, 1.165) is 0 Å². The minimum absolute atomic E-state index is 0.292. The van der Waals surface area contributed by atoms with Crippen molar-refractivity contribution in [2.75, 3.05) is 0 Å². The molecule has 0 spiro atoms. The number of hydrogen-bond acceptors (Lipinski definition) is 3. The molecule has 0 aromatic carbocycles. The van der Waals surface area contributed by atoms with Crippen LogP contribution in [0.2, 0.25) is 0 Å². The van der Waals surface area contributed by atoms with E-state index in [1.165, 1.54) is 0 Å². The van der Waals surface area contributed by atoms with Crippen LogP contribution in [0.5, 0.6) is 0 Å². The largest absolute Gasteiger partial charge is 0.481 e. The van der Waals surface area contributed by atoms with Gasteiger partial charge in [-0.15, -0.1) is 0 Å². The first-order valence-corrected chi connectivity index (χ1v) is 3.66. The van der Waals surface area contributed by atoms with E-state index in [1.54, 1.807) is 6.92 Å². The van der Waals surface area contributed by atoms with Gasteiger partial charge in [0.2, 0.25) is 0 Å². The second kappa shape index (κ2) is 2.46. The van der Waals surface area contributed by atoms with Crippen molar-refractivity contribution in [2.24, 2.45) is 11.7 Å². The van der Waals surface area contributed by atoms with Crippen molar-refractivity contribution in [3.05, 3.63) is 0 Å². The van der Waals surface area contributed by atoms with Crippen LogP contribution in [0, 0.1) is 5.92 Å². The van der Waals surface area contributed by atoms with Gasteiger partial charge >= 0.3 is 5.97 Å². The predicted molar refractivity (Wildman–Crippen MR) is 39.0 cm³/mol. The van der Waals surface area contributed by atoms with Gasteiger partial charge in [0.1, 0.15) is 0 Å². The Kier molecular flexibility index (Phi) is 1.90. The Bertz CT molecular complexity index is 173. The van der Waals surface area contributed by atoms with Gasteiger partial charge in [-0.2, -0.15) is 0 Å². The maximum Gasteiger partial charge on any atom is 0.306 e. The summed E-state index contributed by atoms with van der Waals surface area (Å²) in [4.78, 5) is 10.3. The smallest absolute Gasteiger partial charge is 0.306 e. The van der Waals surface area contributed by atoms with Crippen LogP contribution in [-0.4, -0.2) is 27.8 Å². The highest BCUT2D eigenvalue weighted by Gasteiger charge is 2.48. The first-order chi connectivity index (χ1) is 4.96. The van der Waals surface area contributed by atoms with Crippen molar-refractivity contribution < 1.29 is 15.0 Å². The summed E-state index contributed by atoms with van der Waals surface area (Å²) in [6, 6.07) is -0.335. The molecule has 1 rings (SSSR count). The molecule has 4 nitrogen and oxygen atoms in total. The number of aliphatic hydroxyl groups is 1. The maximum absolute atomic E-state index is 10.3. The fourth-order valence-electron chi connectivity index (χ4n) is 1.34. The van der Waals surface area contributed by atoms with E-state index in [0.29, 0.717) is 12.8 Å². The number of nitrogens with two attached hydrogens (primary N) is 1. The third kappa shape index (κ3) is 1.36. The van der Waals surface area contributed by atoms with E-state index in [2.05, 4.69) is 0 Å². The molecular formula is C7H13NO3. The van der Waals surface area contributed by atoms with Crippen LogP contribution >= 0.6 is 0 Å². The third-order valence-electron chi connectivity index (χ3n) is 2.40. The summed E-state index contributed by atoms with van der Waals surface area (Å²) in [5.41, 5.74) is 4.52. The van der Waals surface area contributed by atoms with Crippen molar-refractivity contribution >= 4 is 5.97 Å². The zero-order chi connectivity index (χ0) is 8.65. The van der Waals surface area contributed by atoms with Crippen LogP contribution in [0.25, 0.3) is 0 Å². The van der Waals surface area contributed by atoms with E-state index in [9.17, 15) is 9.90 Å². The number of carbonyl (C=O) groups is 1. The topological polar surface area (TPSA) is 83.5 Å². The molecule has 0 amide bonds. The summed E-state index contributed by atoms with van der Waals surface area (Å²) in [6.07, 6.45) is 0.583. The van der Waals surface area contributed by atoms with Crippen LogP contribution < -0.4 is 5.73 Å². The van der Waals surface area contributed by atoms with Gasteiger partial charge in [-0.05, 0) is 19.8 Å². The van der Waals surface area contributed by atoms with Crippen molar-refractivity contribution in [1.82, 2.24) is 0 Å². The molecule has 1 aliphatic rings. The SMILES string of the molecule is CC(N)C1(O)CC(C(=O)O)C1. The number of carboxylic acids is 1. The molecule has 0 heterocycles. The zero-order valence-electron chi connectivity index (χ0n) is 6.45. The summed E-state index contributed by atoms with van der Waals surface area (Å²) in [6.45, 7) is 1.69. The summed E-state index contributed by atoms with van der Waals surface area (Å²) >= 11 is 0. The molecular weight excluding hydrogens is 146 g/mol. The number of carboxylic acid groups (broad SMARTS) is 1. The molecule has 4 heteroatoms. The molecule has 0 bridgehead atoms. The maximum atomic E-state index is 10.3. The highest BCUT2D eigenvalue weighted by Crippen LogP contribution is 2.39. The molecule has 1 unspecified atom stereocenters. The molecule has 0 aliphatic heterocycles. The summed E-state index contributed by atoms with van der Waals surface area (Å²) < 4.78 is 0. The highest BCUT2D eigenvalue weighted by atomic mass is 16.4. The normalized spacial score (nSPS) is 39.4.